The first-order chi connectivity index (χ1) is 9.16. The van der Waals surface area contributed by atoms with Gasteiger partial charge >= 0.3 is 0 Å². The number of benzene rings is 2. The second-order valence-corrected chi connectivity index (χ2v) is 4.61. The van der Waals surface area contributed by atoms with Crippen LogP contribution in [0.2, 0.25) is 0 Å². The first kappa shape index (κ1) is 13.6. The van der Waals surface area contributed by atoms with Gasteiger partial charge in [0, 0.05) is 6.04 Å². The SMILES string of the molecule is CC(NCCc1ccccc1F)c1cccc(O)c1. The number of nitrogens with one attached hydrogen (secondary N) is 1. The van der Waals surface area contributed by atoms with Crippen LogP contribution in [0.5, 0.6) is 5.75 Å². The van der Waals surface area contributed by atoms with E-state index in [1.54, 1.807) is 24.3 Å². The Bertz CT molecular complexity index is 542. The quantitative estimate of drug-likeness (QED) is 0.862. The molecule has 0 saturated carbocycles. The summed E-state index contributed by atoms with van der Waals surface area (Å²) in [5.41, 5.74) is 1.74. The van der Waals surface area contributed by atoms with Gasteiger partial charge in [-0.05, 0) is 49.2 Å². The highest BCUT2D eigenvalue weighted by Crippen LogP contribution is 2.17. The number of hydrogen-bond acceptors (Lipinski definition) is 2. The van der Waals surface area contributed by atoms with Gasteiger partial charge in [0.1, 0.15) is 11.6 Å². The van der Waals surface area contributed by atoms with E-state index in [0.717, 1.165) is 11.1 Å². The summed E-state index contributed by atoms with van der Waals surface area (Å²) in [6.45, 7) is 2.72. The third kappa shape index (κ3) is 3.80. The number of phenolic OH excluding ortho intramolecular Hbond substituents is 1. The molecule has 0 heterocycles. The van der Waals surface area contributed by atoms with Crippen LogP contribution in [0.1, 0.15) is 24.1 Å². The fraction of sp³-hybridized carbons (Fsp3) is 0.250. The monoisotopic (exact) mass is 259 g/mol. The summed E-state index contributed by atoms with van der Waals surface area (Å²) in [7, 11) is 0. The summed E-state index contributed by atoms with van der Waals surface area (Å²) in [6, 6.07) is 14.1. The Morgan fingerprint density at radius 3 is 2.68 bits per heavy atom. The highest BCUT2D eigenvalue weighted by molar-refractivity contribution is 5.29. The molecule has 0 amide bonds. The molecule has 2 aromatic rings. The Kier molecular flexibility index (Phi) is 4.53. The predicted molar refractivity (Wildman–Crippen MR) is 74.6 cm³/mol. The average Bonchev–Trinajstić information content (AvgIpc) is 2.41. The molecule has 0 aliphatic heterocycles. The zero-order valence-electron chi connectivity index (χ0n) is 10.9. The molecule has 0 radical (unpaired) electrons. The maximum Gasteiger partial charge on any atom is 0.126 e. The first-order valence-corrected chi connectivity index (χ1v) is 6.42. The van der Waals surface area contributed by atoms with Crippen molar-refractivity contribution in [2.45, 2.75) is 19.4 Å². The molecule has 0 fully saturated rings. The Hall–Kier alpha value is -1.87. The number of hydrogen-bond donors (Lipinski definition) is 2. The van der Waals surface area contributed by atoms with E-state index in [1.165, 1.54) is 6.07 Å². The zero-order valence-corrected chi connectivity index (χ0v) is 10.9. The minimum Gasteiger partial charge on any atom is -0.508 e. The molecule has 0 spiro atoms. The second-order valence-electron chi connectivity index (χ2n) is 4.61. The van der Waals surface area contributed by atoms with E-state index < -0.39 is 0 Å². The van der Waals surface area contributed by atoms with Crippen molar-refractivity contribution in [3.8, 4) is 5.75 Å². The van der Waals surface area contributed by atoms with E-state index in [2.05, 4.69) is 5.32 Å². The van der Waals surface area contributed by atoms with E-state index in [-0.39, 0.29) is 17.6 Å². The van der Waals surface area contributed by atoms with Crippen LogP contribution in [0.4, 0.5) is 4.39 Å². The summed E-state index contributed by atoms with van der Waals surface area (Å²) >= 11 is 0. The third-order valence-corrected chi connectivity index (χ3v) is 3.17. The summed E-state index contributed by atoms with van der Waals surface area (Å²) in [4.78, 5) is 0. The molecule has 100 valence electrons. The number of aromatic hydroxyl groups is 1. The third-order valence-electron chi connectivity index (χ3n) is 3.17. The molecule has 1 atom stereocenters. The number of phenols is 1. The van der Waals surface area contributed by atoms with Gasteiger partial charge in [-0.15, -0.1) is 0 Å². The second kappa shape index (κ2) is 6.34. The summed E-state index contributed by atoms with van der Waals surface area (Å²) in [5, 5.41) is 12.7. The lowest BCUT2D eigenvalue weighted by atomic mass is 10.1. The highest BCUT2D eigenvalue weighted by atomic mass is 19.1. The average molecular weight is 259 g/mol. The molecule has 1 unspecified atom stereocenters. The molecule has 19 heavy (non-hydrogen) atoms. The lowest BCUT2D eigenvalue weighted by Gasteiger charge is -2.14. The van der Waals surface area contributed by atoms with Gasteiger partial charge in [0.25, 0.3) is 0 Å². The van der Waals surface area contributed by atoms with Crippen molar-refractivity contribution in [2.75, 3.05) is 6.54 Å². The molecule has 0 aliphatic rings. The van der Waals surface area contributed by atoms with Crippen molar-refractivity contribution >= 4 is 0 Å². The van der Waals surface area contributed by atoms with Crippen LogP contribution >= 0.6 is 0 Å². The Labute approximate surface area is 112 Å². The normalized spacial score (nSPS) is 12.3. The minimum absolute atomic E-state index is 0.124. The van der Waals surface area contributed by atoms with Gasteiger partial charge in [-0.25, -0.2) is 4.39 Å². The van der Waals surface area contributed by atoms with Gasteiger partial charge < -0.3 is 10.4 Å². The minimum atomic E-state index is -0.158. The van der Waals surface area contributed by atoms with E-state index in [1.807, 2.05) is 25.1 Å². The summed E-state index contributed by atoms with van der Waals surface area (Å²) in [6.07, 6.45) is 0.649. The van der Waals surface area contributed by atoms with Crippen molar-refractivity contribution in [3.05, 3.63) is 65.5 Å². The molecule has 2 aromatic carbocycles. The molecule has 0 aromatic heterocycles. The van der Waals surface area contributed by atoms with Crippen molar-refractivity contribution in [2.24, 2.45) is 0 Å². The summed E-state index contributed by atoms with van der Waals surface area (Å²) in [5.74, 6) is 0.106. The molecule has 3 heteroatoms. The Balaban J connectivity index is 1.88. The highest BCUT2D eigenvalue weighted by Gasteiger charge is 2.06. The molecule has 0 aliphatic carbocycles. The van der Waals surface area contributed by atoms with Crippen molar-refractivity contribution in [1.82, 2.24) is 5.32 Å². The fourth-order valence-corrected chi connectivity index (χ4v) is 2.04. The number of halogens is 1. The van der Waals surface area contributed by atoms with E-state index >= 15 is 0 Å². The zero-order chi connectivity index (χ0) is 13.7. The van der Waals surface area contributed by atoms with Crippen LogP contribution in [-0.2, 0) is 6.42 Å². The standard InChI is InChI=1S/C16H18FNO/c1-12(14-6-4-7-15(19)11-14)18-10-9-13-5-2-3-8-16(13)17/h2-8,11-12,18-19H,9-10H2,1H3. The summed E-state index contributed by atoms with van der Waals surface area (Å²) < 4.78 is 13.4. The van der Waals surface area contributed by atoms with Gasteiger partial charge in [-0.1, -0.05) is 30.3 Å². The first-order valence-electron chi connectivity index (χ1n) is 6.42. The predicted octanol–water partition coefficient (Wildman–Crippen LogP) is 3.42. The van der Waals surface area contributed by atoms with Crippen LogP contribution in [0.25, 0.3) is 0 Å². The van der Waals surface area contributed by atoms with Crippen LogP contribution in [0, 0.1) is 5.82 Å². The smallest absolute Gasteiger partial charge is 0.126 e. The van der Waals surface area contributed by atoms with Gasteiger partial charge in [0.15, 0.2) is 0 Å². The molecule has 2 nitrogen and oxygen atoms in total. The van der Waals surface area contributed by atoms with E-state index in [9.17, 15) is 9.50 Å². The van der Waals surface area contributed by atoms with Gasteiger partial charge in [0.2, 0.25) is 0 Å². The largest absolute Gasteiger partial charge is 0.508 e. The van der Waals surface area contributed by atoms with Crippen molar-refractivity contribution in [1.29, 1.82) is 0 Å². The van der Waals surface area contributed by atoms with Crippen molar-refractivity contribution in [3.63, 3.8) is 0 Å². The Morgan fingerprint density at radius 1 is 1.16 bits per heavy atom. The lowest BCUT2D eigenvalue weighted by molar-refractivity contribution is 0.472. The molecule has 0 bridgehead atoms. The molecular weight excluding hydrogens is 241 g/mol. The number of rotatable bonds is 5. The van der Waals surface area contributed by atoms with Gasteiger partial charge in [0.05, 0.1) is 0 Å². The van der Waals surface area contributed by atoms with Gasteiger partial charge in [-0.3, -0.25) is 0 Å². The van der Waals surface area contributed by atoms with E-state index in [0.29, 0.717) is 13.0 Å². The maximum absolute atomic E-state index is 13.4. The van der Waals surface area contributed by atoms with E-state index in [4.69, 9.17) is 0 Å². The van der Waals surface area contributed by atoms with Crippen LogP contribution in [0.3, 0.4) is 0 Å². The Morgan fingerprint density at radius 2 is 1.95 bits per heavy atom. The topological polar surface area (TPSA) is 32.3 Å². The van der Waals surface area contributed by atoms with Crippen LogP contribution in [-0.4, -0.2) is 11.7 Å². The molecule has 2 N–H and O–H groups in total. The van der Waals surface area contributed by atoms with Crippen molar-refractivity contribution < 1.29 is 9.50 Å². The van der Waals surface area contributed by atoms with Crippen LogP contribution < -0.4 is 5.32 Å². The van der Waals surface area contributed by atoms with Gasteiger partial charge in [-0.2, -0.15) is 0 Å². The molecule has 0 saturated heterocycles. The van der Waals surface area contributed by atoms with Crippen LogP contribution in [0.15, 0.2) is 48.5 Å². The fourth-order valence-electron chi connectivity index (χ4n) is 2.04. The maximum atomic E-state index is 13.4. The molecular formula is C16H18FNO. The lowest BCUT2D eigenvalue weighted by Crippen LogP contribution is -2.21. The molecule has 2 rings (SSSR count).